The van der Waals surface area contributed by atoms with Gasteiger partial charge in [0.25, 0.3) is 0 Å². The van der Waals surface area contributed by atoms with E-state index in [1.807, 2.05) is 13.0 Å². The summed E-state index contributed by atoms with van der Waals surface area (Å²) in [5.41, 5.74) is 7.02. The Bertz CT molecular complexity index is 255. The van der Waals surface area contributed by atoms with Gasteiger partial charge in [-0.2, -0.15) is 0 Å². The van der Waals surface area contributed by atoms with Crippen molar-refractivity contribution in [2.45, 2.75) is 6.92 Å². The van der Waals surface area contributed by atoms with Crippen LogP contribution in [0.3, 0.4) is 0 Å². The molecule has 0 bridgehead atoms. The minimum Gasteiger partial charge on any atom is -0.383 e. The molecule has 0 saturated carbocycles. The van der Waals surface area contributed by atoms with Gasteiger partial charge < -0.3 is 11.1 Å². The number of nitrogen functional groups attached to an aromatic ring is 1. The number of anilines is 1. The summed E-state index contributed by atoms with van der Waals surface area (Å²) in [5, 5.41) is 6.91. The molecule has 0 saturated heterocycles. The van der Waals surface area contributed by atoms with Gasteiger partial charge in [-0.25, -0.2) is 4.98 Å². The summed E-state index contributed by atoms with van der Waals surface area (Å²) in [7, 11) is 0. The molecule has 0 aromatic carbocycles. The second-order valence-corrected chi connectivity index (χ2v) is 2.07. The average Bonchev–Trinajstić information content (AvgIpc) is 1.88. The Hall–Kier alpha value is -1.38. The average molecular weight is 135 g/mol. The maximum atomic E-state index is 6.91. The molecule has 1 rings (SSSR count). The molecular weight excluding hydrogens is 126 g/mol. The van der Waals surface area contributed by atoms with E-state index in [2.05, 4.69) is 4.98 Å². The smallest absolute Gasteiger partial charge is 0.132 e. The van der Waals surface area contributed by atoms with E-state index in [0.717, 1.165) is 5.69 Å². The summed E-state index contributed by atoms with van der Waals surface area (Å²) in [6.45, 7) is 1.87. The molecule has 3 N–H and O–H groups in total. The van der Waals surface area contributed by atoms with Gasteiger partial charge in [0.05, 0.1) is 0 Å². The third-order valence-electron chi connectivity index (χ3n) is 1.25. The molecule has 3 nitrogen and oxygen atoms in total. The topological polar surface area (TPSA) is 62.8 Å². The molecule has 0 atom stereocenters. The van der Waals surface area contributed by atoms with Crippen LogP contribution < -0.4 is 5.73 Å². The molecule has 1 heterocycles. The van der Waals surface area contributed by atoms with Crippen LogP contribution in [0.5, 0.6) is 0 Å². The Labute approximate surface area is 59.4 Å². The lowest BCUT2D eigenvalue weighted by molar-refractivity contribution is 1.21. The van der Waals surface area contributed by atoms with Crippen LogP contribution in [0, 0.1) is 12.3 Å². The van der Waals surface area contributed by atoms with Crippen molar-refractivity contribution in [2.75, 3.05) is 5.73 Å². The number of nitrogens with one attached hydrogen (secondary N) is 1. The van der Waals surface area contributed by atoms with Gasteiger partial charge in [-0.1, -0.05) is 0 Å². The molecule has 1 aromatic heterocycles. The number of nitrogens with zero attached hydrogens (tertiary/aromatic N) is 1. The third kappa shape index (κ3) is 1.13. The van der Waals surface area contributed by atoms with E-state index in [-0.39, 0.29) is 0 Å². The highest BCUT2D eigenvalue weighted by molar-refractivity contribution is 5.83. The van der Waals surface area contributed by atoms with Crippen LogP contribution in [0.25, 0.3) is 0 Å². The second kappa shape index (κ2) is 2.47. The quantitative estimate of drug-likeness (QED) is 0.563. The van der Waals surface area contributed by atoms with E-state index in [0.29, 0.717) is 11.4 Å². The standard InChI is InChI=1S/C7H9N3/c1-5-2-3-6(4-8)7(9)10-5/h2-4,8H,1H3,(H2,9,10). The molecule has 0 amide bonds. The largest absolute Gasteiger partial charge is 0.383 e. The summed E-state index contributed by atoms with van der Waals surface area (Å²) in [5.74, 6) is 0.426. The first kappa shape index (κ1) is 6.74. The minimum atomic E-state index is 0.426. The van der Waals surface area contributed by atoms with Crippen LogP contribution in [-0.4, -0.2) is 11.2 Å². The number of rotatable bonds is 1. The lowest BCUT2D eigenvalue weighted by Crippen LogP contribution is -1.97. The molecule has 0 spiro atoms. The third-order valence-corrected chi connectivity index (χ3v) is 1.25. The van der Waals surface area contributed by atoms with Crippen LogP contribution in [0.1, 0.15) is 11.3 Å². The Balaban J connectivity index is 3.19. The highest BCUT2D eigenvalue weighted by atomic mass is 14.8. The number of pyridine rings is 1. The van der Waals surface area contributed by atoms with Crippen molar-refractivity contribution in [2.24, 2.45) is 0 Å². The van der Waals surface area contributed by atoms with E-state index < -0.39 is 0 Å². The second-order valence-electron chi connectivity index (χ2n) is 2.07. The van der Waals surface area contributed by atoms with Crippen molar-refractivity contribution in [3.63, 3.8) is 0 Å². The fourth-order valence-corrected chi connectivity index (χ4v) is 0.710. The van der Waals surface area contributed by atoms with Gasteiger partial charge in [-0.05, 0) is 19.1 Å². The maximum absolute atomic E-state index is 6.91. The summed E-state index contributed by atoms with van der Waals surface area (Å²) in [6, 6.07) is 3.61. The van der Waals surface area contributed by atoms with Gasteiger partial charge in [0.2, 0.25) is 0 Å². The molecule has 0 aliphatic rings. The fraction of sp³-hybridized carbons (Fsp3) is 0.143. The number of aromatic nitrogens is 1. The van der Waals surface area contributed by atoms with Crippen LogP contribution in [0.4, 0.5) is 5.82 Å². The van der Waals surface area contributed by atoms with Gasteiger partial charge in [0, 0.05) is 17.5 Å². The Kier molecular flexibility index (Phi) is 1.67. The predicted molar refractivity (Wildman–Crippen MR) is 41.3 cm³/mol. The highest BCUT2D eigenvalue weighted by Gasteiger charge is 1.94. The molecule has 0 fully saturated rings. The van der Waals surface area contributed by atoms with E-state index in [4.69, 9.17) is 11.1 Å². The van der Waals surface area contributed by atoms with E-state index >= 15 is 0 Å². The zero-order valence-electron chi connectivity index (χ0n) is 5.76. The monoisotopic (exact) mass is 135 g/mol. The minimum absolute atomic E-state index is 0.426. The van der Waals surface area contributed by atoms with Crippen LogP contribution >= 0.6 is 0 Å². The van der Waals surface area contributed by atoms with Crippen molar-refractivity contribution in [1.82, 2.24) is 4.98 Å². The SMILES string of the molecule is Cc1ccc(C=N)c(N)n1. The number of aryl methyl sites for hydroxylation is 1. The van der Waals surface area contributed by atoms with Crippen molar-refractivity contribution < 1.29 is 0 Å². The molecule has 0 aliphatic carbocycles. The summed E-state index contributed by atoms with van der Waals surface area (Å²) >= 11 is 0. The Morgan fingerprint density at radius 2 is 2.30 bits per heavy atom. The summed E-state index contributed by atoms with van der Waals surface area (Å²) in [6.07, 6.45) is 1.20. The Morgan fingerprint density at radius 1 is 1.60 bits per heavy atom. The summed E-state index contributed by atoms with van der Waals surface area (Å²) in [4.78, 5) is 3.97. The maximum Gasteiger partial charge on any atom is 0.132 e. The number of nitrogens with two attached hydrogens (primary N) is 1. The van der Waals surface area contributed by atoms with E-state index in [1.54, 1.807) is 6.07 Å². The molecule has 52 valence electrons. The first-order valence-corrected chi connectivity index (χ1v) is 2.97. The van der Waals surface area contributed by atoms with Crippen molar-refractivity contribution >= 4 is 12.0 Å². The zero-order valence-corrected chi connectivity index (χ0v) is 5.76. The lowest BCUT2D eigenvalue weighted by Gasteiger charge is -1.97. The molecular formula is C7H9N3. The van der Waals surface area contributed by atoms with Crippen LogP contribution in [0.15, 0.2) is 12.1 Å². The zero-order chi connectivity index (χ0) is 7.56. The van der Waals surface area contributed by atoms with Crippen LogP contribution in [-0.2, 0) is 0 Å². The molecule has 0 radical (unpaired) electrons. The summed E-state index contributed by atoms with van der Waals surface area (Å²) < 4.78 is 0. The van der Waals surface area contributed by atoms with Crippen molar-refractivity contribution in [3.8, 4) is 0 Å². The molecule has 3 heteroatoms. The molecule has 0 unspecified atom stereocenters. The number of hydrogen-bond donors (Lipinski definition) is 2. The highest BCUT2D eigenvalue weighted by Crippen LogP contribution is 2.05. The van der Waals surface area contributed by atoms with E-state index in [1.165, 1.54) is 6.21 Å². The Morgan fingerprint density at radius 3 is 2.80 bits per heavy atom. The van der Waals surface area contributed by atoms with Crippen LogP contribution in [0.2, 0.25) is 0 Å². The van der Waals surface area contributed by atoms with Gasteiger partial charge in [0.1, 0.15) is 5.82 Å². The first-order chi connectivity index (χ1) is 4.74. The van der Waals surface area contributed by atoms with Gasteiger partial charge in [0.15, 0.2) is 0 Å². The van der Waals surface area contributed by atoms with Crippen molar-refractivity contribution in [1.29, 1.82) is 5.41 Å². The van der Waals surface area contributed by atoms with Crippen molar-refractivity contribution in [3.05, 3.63) is 23.4 Å². The lowest BCUT2D eigenvalue weighted by atomic mass is 10.2. The molecule has 10 heavy (non-hydrogen) atoms. The predicted octanol–water partition coefficient (Wildman–Crippen LogP) is 0.970. The van der Waals surface area contributed by atoms with Gasteiger partial charge in [-0.3, -0.25) is 0 Å². The fourth-order valence-electron chi connectivity index (χ4n) is 0.710. The number of hydrogen-bond acceptors (Lipinski definition) is 3. The van der Waals surface area contributed by atoms with Gasteiger partial charge >= 0.3 is 0 Å². The van der Waals surface area contributed by atoms with Gasteiger partial charge in [-0.15, -0.1) is 0 Å². The molecule has 0 aliphatic heterocycles. The normalized spacial score (nSPS) is 9.30. The molecule has 1 aromatic rings. The van der Waals surface area contributed by atoms with E-state index in [9.17, 15) is 0 Å². The first-order valence-electron chi connectivity index (χ1n) is 2.97.